The number of furan rings is 1. The second-order valence-electron chi connectivity index (χ2n) is 5.56. The first-order valence-corrected chi connectivity index (χ1v) is 8.87. The van der Waals surface area contributed by atoms with E-state index in [1.165, 1.54) is 6.07 Å². The average Bonchev–Trinajstić information content (AvgIpc) is 3.16. The van der Waals surface area contributed by atoms with Gasteiger partial charge in [-0.3, -0.25) is 9.78 Å². The molecule has 1 amide bonds. The summed E-state index contributed by atoms with van der Waals surface area (Å²) in [4.78, 5) is 18.9. The van der Waals surface area contributed by atoms with Crippen LogP contribution in [0.15, 0.2) is 70.4 Å². The number of rotatable bonds is 7. The van der Waals surface area contributed by atoms with Crippen LogP contribution in [-0.2, 0) is 17.9 Å². The van der Waals surface area contributed by atoms with E-state index in [0.29, 0.717) is 23.7 Å². The van der Waals surface area contributed by atoms with Gasteiger partial charge in [-0.25, -0.2) is 8.78 Å². The number of thioether (sulfide) groups is 1. The highest BCUT2D eigenvalue weighted by Crippen LogP contribution is 2.21. The fourth-order valence-corrected chi connectivity index (χ4v) is 3.16. The number of carbonyl (C=O) groups excluding carboxylic acids is 1. The Bertz CT molecular complexity index is 857. The fourth-order valence-electron chi connectivity index (χ4n) is 2.34. The molecule has 7 heteroatoms. The van der Waals surface area contributed by atoms with Gasteiger partial charge >= 0.3 is 0 Å². The standard InChI is InChI=1S/C19H16F2N2O2S/c20-17-6-5-16(9-18(17)21)26-13-19(24)23(12-15-4-2-8-25-15)11-14-3-1-7-22-10-14/h1-10H,11-13H2. The van der Waals surface area contributed by atoms with Crippen molar-refractivity contribution in [1.29, 1.82) is 0 Å². The topological polar surface area (TPSA) is 46.3 Å². The molecule has 0 spiro atoms. The Morgan fingerprint density at radius 2 is 2.00 bits per heavy atom. The van der Waals surface area contributed by atoms with Gasteiger partial charge in [0.15, 0.2) is 11.6 Å². The summed E-state index contributed by atoms with van der Waals surface area (Å²) in [6.07, 6.45) is 4.92. The van der Waals surface area contributed by atoms with Gasteiger partial charge in [-0.1, -0.05) is 6.07 Å². The van der Waals surface area contributed by atoms with Crippen LogP contribution in [0.3, 0.4) is 0 Å². The predicted molar refractivity (Wildman–Crippen MR) is 94.3 cm³/mol. The fraction of sp³-hybridized carbons (Fsp3) is 0.158. The lowest BCUT2D eigenvalue weighted by molar-refractivity contribution is -0.129. The summed E-state index contributed by atoms with van der Waals surface area (Å²) < 4.78 is 31.6. The minimum atomic E-state index is -0.926. The largest absolute Gasteiger partial charge is 0.467 e. The normalized spacial score (nSPS) is 10.7. The van der Waals surface area contributed by atoms with E-state index in [2.05, 4.69) is 4.98 Å². The first-order chi connectivity index (χ1) is 12.6. The lowest BCUT2D eigenvalue weighted by atomic mass is 10.2. The maximum Gasteiger partial charge on any atom is 0.233 e. The third-order valence-electron chi connectivity index (χ3n) is 3.63. The van der Waals surface area contributed by atoms with Crippen LogP contribution in [0.4, 0.5) is 8.78 Å². The highest BCUT2D eigenvalue weighted by molar-refractivity contribution is 8.00. The highest BCUT2D eigenvalue weighted by atomic mass is 32.2. The lowest BCUT2D eigenvalue weighted by Crippen LogP contribution is -2.31. The predicted octanol–water partition coefficient (Wildman–Crippen LogP) is 4.27. The van der Waals surface area contributed by atoms with Gasteiger partial charge in [0.2, 0.25) is 5.91 Å². The summed E-state index contributed by atoms with van der Waals surface area (Å²) in [5.74, 6) is -1.20. The number of hydrogen-bond acceptors (Lipinski definition) is 4. The van der Waals surface area contributed by atoms with E-state index in [0.717, 1.165) is 29.5 Å². The smallest absolute Gasteiger partial charge is 0.233 e. The molecule has 26 heavy (non-hydrogen) atoms. The molecule has 2 heterocycles. The van der Waals surface area contributed by atoms with E-state index in [1.807, 2.05) is 6.07 Å². The summed E-state index contributed by atoms with van der Waals surface area (Å²) >= 11 is 1.16. The molecule has 0 bridgehead atoms. The van der Waals surface area contributed by atoms with Crippen molar-refractivity contribution in [2.45, 2.75) is 18.0 Å². The molecule has 0 aliphatic rings. The Kier molecular flexibility index (Phi) is 6.01. The Hall–Kier alpha value is -2.67. The van der Waals surface area contributed by atoms with Gasteiger partial charge in [-0.05, 0) is 42.0 Å². The molecule has 3 rings (SSSR count). The van der Waals surface area contributed by atoms with Gasteiger partial charge in [-0.15, -0.1) is 11.8 Å². The Balaban J connectivity index is 1.68. The van der Waals surface area contributed by atoms with Crippen LogP contribution >= 0.6 is 11.8 Å². The van der Waals surface area contributed by atoms with Crippen molar-refractivity contribution in [3.05, 3.63) is 84.1 Å². The number of hydrogen-bond donors (Lipinski definition) is 0. The highest BCUT2D eigenvalue weighted by Gasteiger charge is 2.17. The number of pyridine rings is 1. The zero-order valence-corrected chi connectivity index (χ0v) is 14.6. The second-order valence-corrected chi connectivity index (χ2v) is 6.60. The van der Waals surface area contributed by atoms with Crippen molar-refractivity contribution in [3.8, 4) is 0 Å². The minimum absolute atomic E-state index is 0.103. The van der Waals surface area contributed by atoms with Gasteiger partial charge < -0.3 is 9.32 Å². The van der Waals surface area contributed by atoms with Crippen molar-refractivity contribution >= 4 is 17.7 Å². The molecule has 3 aromatic rings. The first-order valence-electron chi connectivity index (χ1n) is 7.89. The number of aromatic nitrogens is 1. The van der Waals surface area contributed by atoms with Crippen molar-refractivity contribution in [2.24, 2.45) is 0 Å². The van der Waals surface area contributed by atoms with Crippen LogP contribution in [0.2, 0.25) is 0 Å². The number of benzene rings is 1. The summed E-state index contributed by atoms with van der Waals surface area (Å²) in [6.45, 7) is 0.699. The third-order valence-corrected chi connectivity index (χ3v) is 4.61. The van der Waals surface area contributed by atoms with Crippen LogP contribution in [0.1, 0.15) is 11.3 Å². The zero-order chi connectivity index (χ0) is 18.4. The molecule has 0 saturated carbocycles. The van der Waals surface area contributed by atoms with Crippen LogP contribution in [-0.4, -0.2) is 21.5 Å². The van der Waals surface area contributed by atoms with E-state index in [4.69, 9.17) is 4.42 Å². The number of amides is 1. The van der Waals surface area contributed by atoms with Gasteiger partial charge in [-0.2, -0.15) is 0 Å². The molecular weight excluding hydrogens is 358 g/mol. The lowest BCUT2D eigenvalue weighted by Gasteiger charge is -2.21. The van der Waals surface area contributed by atoms with Crippen molar-refractivity contribution in [1.82, 2.24) is 9.88 Å². The average molecular weight is 374 g/mol. The molecule has 4 nitrogen and oxygen atoms in total. The molecule has 0 saturated heterocycles. The summed E-state index contributed by atoms with van der Waals surface area (Å²) in [7, 11) is 0. The van der Waals surface area contributed by atoms with Gasteiger partial charge in [0.1, 0.15) is 5.76 Å². The molecule has 0 aliphatic heterocycles. The van der Waals surface area contributed by atoms with E-state index < -0.39 is 11.6 Å². The minimum Gasteiger partial charge on any atom is -0.467 e. The molecule has 1 aromatic carbocycles. The molecule has 0 radical (unpaired) electrons. The monoisotopic (exact) mass is 374 g/mol. The van der Waals surface area contributed by atoms with Gasteiger partial charge in [0.25, 0.3) is 0 Å². The van der Waals surface area contributed by atoms with Crippen LogP contribution in [0.5, 0.6) is 0 Å². The molecule has 0 unspecified atom stereocenters. The number of halogens is 2. The first kappa shape index (κ1) is 18.1. The third kappa shape index (κ3) is 4.92. The molecular formula is C19H16F2N2O2S. The van der Waals surface area contributed by atoms with Crippen molar-refractivity contribution < 1.29 is 18.0 Å². The van der Waals surface area contributed by atoms with Crippen molar-refractivity contribution in [3.63, 3.8) is 0 Å². The molecule has 0 atom stereocenters. The van der Waals surface area contributed by atoms with Crippen molar-refractivity contribution in [2.75, 3.05) is 5.75 Å². The van der Waals surface area contributed by atoms with E-state index in [-0.39, 0.29) is 11.7 Å². The summed E-state index contributed by atoms with van der Waals surface area (Å²) in [5.41, 5.74) is 0.894. The van der Waals surface area contributed by atoms with Crippen LogP contribution < -0.4 is 0 Å². The maximum atomic E-state index is 13.3. The Morgan fingerprint density at radius 3 is 2.69 bits per heavy atom. The number of carbonyl (C=O) groups is 1. The van der Waals surface area contributed by atoms with E-state index >= 15 is 0 Å². The summed E-state index contributed by atoms with van der Waals surface area (Å²) in [5, 5.41) is 0. The van der Waals surface area contributed by atoms with E-state index in [9.17, 15) is 13.6 Å². The zero-order valence-electron chi connectivity index (χ0n) is 13.8. The SMILES string of the molecule is O=C(CSc1ccc(F)c(F)c1)N(Cc1cccnc1)Cc1ccco1. The van der Waals surface area contributed by atoms with Gasteiger partial charge in [0.05, 0.1) is 18.6 Å². The number of nitrogens with zero attached hydrogens (tertiary/aromatic N) is 2. The Labute approximate surface area is 153 Å². The molecule has 2 aromatic heterocycles. The molecule has 0 fully saturated rings. The van der Waals surface area contributed by atoms with Crippen LogP contribution in [0.25, 0.3) is 0 Å². The van der Waals surface area contributed by atoms with Gasteiger partial charge in [0, 0.05) is 23.8 Å². The van der Waals surface area contributed by atoms with Crippen LogP contribution in [0, 0.1) is 11.6 Å². The second kappa shape index (κ2) is 8.62. The molecule has 134 valence electrons. The summed E-state index contributed by atoms with van der Waals surface area (Å²) in [6, 6.07) is 10.8. The van der Waals surface area contributed by atoms with E-state index in [1.54, 1.807) is 41.8 Å². The Morgan fingerprint density at radius 1 is 1.12 bits per heavy atom. The molecule has 0 N–H and O–H groups in total. The molecule has 0 aliphatic carbocycles. The maximum absolute atomic E-state index is 13.3. The quantitative estimate of drug-likeness (QED) is 0.580.